The Kier molecular flexibility index (Phi) is 5.21. The van der Waals surface area contributed by atoms with Crippen LogP contribution in [0, 0.1) is 6.92 Å². The molecule has 21 heavy (non-hydrogen) atoms. The fourth-order valence-electron chi connectivity index (χ4n) is 1.91. The predicted octanol–water partition coefficient (Wildman–Crippen LogP) is 2.90. The number of hydrogen-bond donors (Lipinski definition) is 2. The second kappa shape index (κ2) is 7.33. The minimum atomic E-state index is -0.271. The first-order valence-electron chi connectivity index (χ1n) is 6.92. The van der Waals surface area contributed by atoms with Crippen LogP contribution in [0.1, 0.15) is 22.3 Å². The maximum absolute atomic E-state index is 11.9. The van der Waals surface area contributed by atoms with E-state index in [-0.39, 0.29) is 11.7 Å². The molecule has 110 valence electrons. The highest BCUT2D eigenvalue weighted by molar-refractivity contribution is 5.96. The van der Waals surface area contributed by atoms with Gasteiger partial charge in [0.1, 0.15) is 11.5 Å². The first kappa shape index (κ1) is 14.9. The Morgan fingerprint density at radius 1 is 1.19 bits per heavy atom. The third-order valence-corrected chi connectivity index (χ3v) is 3.02. The molecular formula is C17H19NO3. The van der Waals surface area contributed by atoms with Crippen molar-refractivity contribution in [3.63, 3.8) is 0 Å². The standard InChI is InChI=1S/C17H19NO3/c1-13-8-9-15(16(19)12-13)17(20)18-10-5-11-21-14-6-3-2-4-7-14/h2-4,6-9,12,19H,5,10-11H2,1H3,(H,18,20). The van der Waals surface area contributed by atoms with E-state index in [0.29, 0.717) is 25.1 Å². The van der Waals surface area contributed by atoms with Gasteiger partial charge in [0, 0.05) is 6.54 Å². The number of hydrogen-bond acceptors (Lipinski definition) is 3. The van der Waals surface area contributed by atoms with E-state index in [9.17, 15) is 9.90 Å². The summed E-state index contributed by atoms with van der Waals surface area (Å²) < 4.78 is 5.53. The maximum Gasteiger partial charge on any atom is 0.255 e. The number of carbonyl (C=O) groups excluding carboxylic acids is 1. The van der Waals surface area contributed by atoms with E-state index in [1.807, 2.05) is 37.3 Å². The Hall–Kier alpha value is -2.49. The molecule has 2 aromatic carbocycles. The lowest BCUT2D eigenvalue weighted by Crippen LogP contribution is -2.25. The van der Waals surface area contributed by atoms with Crippen molar-refractivity contribution < 1.29 is 14.6 Å². The van der Waals surface area contributed by atoms with Gasteiger partial charge in [0.25, 0.3) is 5.91 Å². The number of benzene rings is 2. The van der Waals surface area contributed by atoms with Crippen LogP contribution in [0.2, 0.25) is 0 Å². The minimum Gasteiger partial charge on any atom is -0.507 e. The van der Waals surface area contributed by atoms with E-state index in [0.717, 1.165) is 11.3 Å². The van der Waals surface area contributed by atoms with E-state index < -0.39 is 0 Å². The summed E-state index contributed by atoms with van der Waals surface area (Å²) in [5.74, 6) is 0.556. The van der Waals surface area contributed by atoms with Crippen LogP contribution in [0.4, 0.5) is 0 Å². The number of rotatable bonds is 6. The van der Waals surface area contributed by atoms with Gasteiger partial charge >= 0.3 is 0 Å². The summed E-state index contributed by atoms with van der Waals surface area (Å²) >= 11 is 0. The molecule has 1 amide bonds. The van der Waals surface area contributed by atoms with Crippen LogP contribution in [0.15, 0.2) is 48.5 Å². The number of para-hydroxylation sites is 1. The molecule has 0 aromatic heterocycles. The third kappa shape index (κ3) is 4.53. The fourth-order valence-corrected chi connectivity index (χ4v) is 1.91. The maximum atomic E-state index is 11.9. The lowest BCUT2D eigenvalue weighted by molar-refractivity contribution is 0.0949. The van der Waals surface area contributed by atoms with E-state index in [4.69, 9.17) is 4.74 Å². The van der Waals surface area contributed by atoms with Gasteiger partial charge in [0.05, 0.1) is 12.2 Å². The van der Waals surface area contributed by atoms with Crippen LogP contribution < -0.4 is 10.1 Å². The first-order chi connectivity index (χ1) is 10.2. The number of aryl methyl sites for hydroxylation is 1. The Labute approximate surface area is 124 Å². The molecule has 0 saturated carbocycles. The van der Waals surface area contributed by atoms with Crippen LogP contribution in [-0.4, -0.2) is 24.2 Å². The summed E-state index contributed by atoms with van der Waals surface area (Å²) in [4.78, 5) is 11.9. The quantitative estimate of drug-likeness (QED) is 0.802. The third-order valence-electron chi connectivity index (χ3n) is 3.02. The molecule has 0 aliphatic carbocycles. The first-order valence-corrected chi connectivity index (χ1v) is 6.92. The van der Waals surface area contributed by atoms with E-state index in [2.05, 4.69) is 5.32 Å². The number of nitrogens with one attached hydrogen (secondary N) is 1. The van der Waals surface area contributed by atoms with E-state index in [1.54, 1.807) is 18.2 Å². The molecule has 4 heteroatoms. The molecule has 0 saturated heterocycles. The molecule has 2 rings (SSSR count). The minimum absolute atomic E-state index is 0.00744. The highest BCUT2D eigenvalue weighted by Crippen LogP contribution is 2.18. The highest BCUT2D eigenvalue weighted by Gasteiger charge is 2.09. The second-order valence-electron chi connectivity index (χ2n) is 4.79. The average Bonchev–Trinajstić information content (AvgIpc) is 2.47. The molecule has 0 atom stereocenters. The summed E-state index contributed by atoms with van der Waals surface area (Å²) in [6, 6.07) is 14.5. The predicted molar refractivity (Wildman–Crippen MR) is 81.7 cm³/mol. The highest BCUT2D eigenvalue weighted by atomic mass is 16.5. The summed E-state index contributed by atoms with van der Waals surface area (Å²) in [6.07, 6.45) is 0.702. The molecule has 4 nitrogen and oxygen atoms in total. The van der Waals surface area contributed by atoms with Crippen LogP contribution >= 0.6 is 0 Å². The van der Waals surface area contributed by atoms with E-state index >= 15 is 0 Å². The van der Waals surface area contributed by atoms with Crippen molar-refractivity contribution in [3.8, 4) is 11.5 Å². The monoisotopic (exact) mass is 285 g/mol. The molecule has 0 fully saturated rings. The van der Waals surface area contributed by atoms with Crippen molar-refractivity contribution in [1.29, 1.82) is 0 Å². The Bertz CT molecular complexity index is 596. The van der Waals surface area contributed by atoms with Gasteiger partial charge in [-0.25, -0.2) is 0 Å². The van der Waals surface area contributed by atoms with Crippen molar-refractivity contribution in [1.82, 2.24) is 5.32 Å². The molecule has 0 aliphatic heterocycles. The topological polar surface area (TPSA) is 58.6 Å². The van der Waals surface area contributed by atoms with Crippen LogP contribution in [0.25, 0.3) is 0 Å². The zero-order valence-corrected chi connectivity index (χ0v) is 12.0. The number of amides is 1. The summed E-state index contributed by atoms with van der Waals surface area (Å²) in [5.41, 5.74) is 1.21. The van der Waals surface area contributed by atoms with Gasteiger partial charge < -0.3 is 15.2 Å². The fraction of sp³-hybridized carbons (Fsp3) is 0.235. The zero-order chi connectivity index (χ0) is 15.1. The lowest BCUT2D eigenvalue weighted by atomic mass is 10.1. The van der Waals surface area contributed by atoms with Crippen molar-refractivity contribution in [3.05, 3.63) is 59.7 Å². The molecular weight excluding hydrogens is 266 g/mol. The van der Waals surface area contributed by atoms with Crippen molar-refractivity contribution in [2.45, 2.75) is 13.3 Å². The number of ether oxygens (including phenoxy) is 1. The van der Waals surface area contributed by atoms with Gasteiger partial charge in [-0.2, -0.15) is 0 Å². The number of carbonyl (C=O) groups is 1. The van der Waals surface area contributed by atoms with Crippen LogP contribution in [0.3, 0.4) is 0 Å². The van der Waals surface area contributed by atoms with Crippen molar-refractivity contribution >= 4 is 5.91 Å². The van der Waals surface area contributed by atoms with Gasteiger partial charge in [-0.1, -0.05) is 24.3 Å². The summed E-state index contributed by atoms with van der Waals surface area (Å²) in [5, 5.41) is 12.5. The molecule has 0 spiro atoms. The normalized spacial score (nSPS) is 10.1. The van der Waals surface area contributed by atoms with Gasteiger partial charge in [-0.3, -0.25) is 4.79 Å². The number of aromatic hydroxyl groups is 1. The van der Waals surface area contributed by atoms with Crippen molar-refractivity contribution in [2.75, 3.05) is 13.2 Å². The van der Waals surface area contributed by atoms with Crippen molar-refractivity contribution in [2.24, 2.45) is 0 Å². The Balaban J connectivity index is 1.72. The van der Waals surface area contributed by atoms with Gasteiger partial charge in [0.2, 0.25) is 0 Å². The van der Waals surface area contributed by atoms with Crippen LogP contribution in [0.5, 0.6) is 11.5 Å². The van der Waals surface area contributed by atoms with Gasteiger partial charge in [0.15, 0.2) is 0 Å². The molecule has 0 radical (unpaired) electrons. The molecule has 2 N–H and O–H groups in total. The number of phenols is 1. The summed E-state index contributed by atoms with van der Waals surface area (Å²) in [7, 11) is 0. The summed E-state index contributed by atoms with van der Waals surface area (Å²) in [6.45, 7) is 2.89. The van der Waals surface area contributed by atoms with E-state index in [1.165, 1.54) is 0 Å². The zero-order valence-electron chi connectivity index (χ0n) is 12.0. The SMILES string of the molecule is Cc1ccc(C(=O)NCCCOc2ccccc2)c(O)c1. The van der Waals surface area contributed by atoms with Gasteiger partial charge in [-0.05, 0) is 43.2 Å². The Morgan fingerprint density at radius 3 is 2.67 bits per heavy atom. The molecule has 0 aliphatic rings. The molecule has 2 aromatic rings. The molecule has 0 unspecified atom stereocenters. The lowest BCUT2D eigenvalue weighted by Gasteiger charge is -2.08. The molecule has 0 heterocycles. The average molecular weight is 285 g/mol. The molecule has 0 bridgehead atoms. The van der Waals surface area contributed by atoms with Crippen LogP contribution in [-0.2, 0) is 0 Å². The largest absolute Gasteiger partial charge is 0.507 e. The van der Waals surface area contributed by atoms with Gasteiger partial charge in [-0.15, -0.1) is 0 Å². The second-order valence-corrected chi connectivity index (χ2v) is 4.79. The smallest absolute Gasteiger partial charge is 0.255 e. The Morgan fingerprint density at radius 2 is 1.95 bits per heavy atom. The number of phenolic OH excluding ortho intramolecular Hbond substituents is 1.